The van der Waals surface area contributed by atoms with E-state index in [1.54, 1.807) is 43.3 Å². The Labute approximate surface area is 204 Å². The van der Waals surface area contributed by atoms with Gasteiger partial charge in [-0.15, -0.1) is 0 Å². The molecule has 7 nitrogen and oxygen atoms in total. The Balaban J connectivity index is 1.83. The van der Waals surface area contributed by atoms with Gasteiger partial charge in [-0.3, -0.25) is 9.69 Å². The molecule has 0 spiro atoms. The summed E-state index contributed by atoms with van der Waals surface area (Å²) < 4.78 is 16.8. The Morgan fingerprint density at radius 3 is 2.11 bits per heavy atom. The molecule has 0 aliphatic carbocycles. The molecule has 4 rings (SSSR count). The van der Waals surface area contributed by atoms with Crippen LogP contribution in [0.15, 0.2) is 84.4 Å². The average molecular weight is 474 g/mol. The molecule has 1 fully saturated rings. The van der Waals surface area contributed by atoms with Crippen molar-refractivity contribution in [2.24, 2.45) is 0 Å². The lowest BCUT2D eigenvalue weighted by molar-refractivity contribution is -0.151. The zero-order valence-corrected chi connectivity index (χ0v) is 19.8. The van der Waals surface area contributed by atoms with Crippen molar-refractivity contribution in [2.75, 3.05) is 14.2 Å². The summed E-state index contributed by atoms with van der Waals surface area (Å²) in [4.78, 5) is 27.7. The van der Waals surface area contributed by atoms with Crippen LogP contribution < -0.4 is 9.47 Å². The zero-order chi connectivity index (χ0) is 24.9. The summed E-state index contributed by atoms with van der Waals surface area (Å²) in [5.41, 5.74) is 2.57. The minimum Gasteiger partial charge on any atom is -0.493 e. The van der Waals surface area contributed by atoms with Gasteiger partial charge in [0.15, 0.2) is 23.8 Å². The molecule has 0 radical (unpaired) electrons. The summed E-state index contributed by atoms with van der Waals surface area (Å²) in [5, 5.41) is 10.0. The maximum Gasteiger partial charge on any atom is 0.335 e. The van der Waals surface area contributed by atoms with Crippen LogP contribution in [0.25, 0.3) is 6.08 Å². The van der Waals surface area contributed by atoms with Crippen molar-refractivity contribution < 1.29 is 28.9 Å². The van der Waals surface area contributed by atoms with E-state index in [2.05, 4.69) is 0 Å². The van der Waals surface area contributed by atoms with E-state index in [0.717, 1.165) is 5.56 Å². The molecular weight excluding hydrogens is 446 g/mol. The molecule has 0 bridgehead atoms. The van der Waals surface area contributed by atoms with E-state index in [9.17, 15) is 14.7 Å². The summed E-state index contributed by atoms with van der Waals surface area (Å²) in [7, 11) is 3.04. The molecule has 1 aliphatic heterocycles. The summed E-state index contributed by atoms with van der Waals surface area (Å²) >= 11 is 0. The molecule has 3 atom stereocenters. The monoisotopic (exact) mass is 473 g/mol. The van der Waals surface area contributed by atoms with Crippen LogP contribution in [0.2, 0.25) is 0 Å². The first-order chi connectivity index (χ1) is 16.9. The predicted molar refractivity (Wildman–Crippen MR) is 131 cm³/mol. The summed E-state index contributed by atoms with van der Waals surface area (Å²) in [6.45, 7) is 1.72. The van der Waals surface area contributed by atoms with Crippen LogP contribution in [-0.4, -0.2) is 42.2 Å². The second kappa shape index (κ2) is 10.4. The molecule has 35 heavy (non-hydrogen) atoms. The highest BCUT2D eigenvalue weighted by molar-refractivity contribution is 5.98. The number of nitrogens with zero attached hydrogens (tertiary/aromatic N) is 1. The van der Waals surface area contributed by atoms with Crippen molar-refractivity contribution in [3.63, 3.8) is 0 Å². The van der Waals surface area contributed by atoms with Gasteiger partial charge < -0.3 is 19.3 Å². The minimum atomic E-state index is -1.26. The Hall–Kier alpha value is -4.10. The van der Waals surface area contributed by atoms with Gasteiger partial charge in [0.1, 0.15) is 0 Å². The molecular formula is C28H27NO6. The van der Waals surface area contributed by atoms with Crippen LogP contribution in [0.1, 0.15) is 35.9 Å². The van der Waals surface area contributed by atoms with Gasteiger partial charge >= 0.3 is 5.97 Å². The molecule has 0 aromatic heterocycles. The van der Waals surface area contributed by atoms with Crippen LogP contribution in [0.4, 0.5) is 0 Å². The number of methoxy groups -OCH3 is 2. The van der Waals surface area contributed by atoms with Crippen LogP contribution >= 0.6 is 0 Å². The normalized spacial score (nSPS) is 19.9. The van der Waals surface area contributed by atoms with Gasteiger partial charge in [0.2, 0.25) is 0 Å². The fourth-order valence-corrected chi connectivity index (χ4v) is 4.29. The van der Waals surface area contributed by atoms with Gasteiger partial charge in [-0.05, 0) is 36.3 Å². The van der Waals surface area contributed by atoms with E-state index in [4.69, 9.17) is 14.2 Å². The Morgan fingerprint density at radius 1 is 0.886 bits per heavy atom. The molecule has 7 heteroatoms. The second-order valence-corrected chi connectivity index (χ2v) is 8.17. The lowest BCUT2D eigenvalue weighted by Gasteiger charge is -2.30. The van der Waals surface area contributed by atoms with E-state index < -0.39 is 24.3 Å². The van der Waals surface area contributed by atoms with Gasteiger partial charge in [-0.2, -0.15) is 0 Å². The Bertz CT molecular complexity index is 1220. The van der Waals surface area contributed by atoms with Gasteiger partial charge in [0.25, 0.3) is 5.91 Å². The summed E-state index contributed by atoms with van der Waals surface area (Å²) in [6, 6.07) is 22.9. The third kappa shape index (κ3) is 4.90. The summed E-state index contributed by atoms with van der Waals surface area (Å²) in [6.07, 6.45) is -0.429. The van der Waals surface area contributed by atoms with Crippen molar-refractivity contribution in [3.05, 3.63) is 101 Å². The fraction of sp³-hybridized carbons (Fsp3) is 0.214. The van der Waals surface area contributed by atoms with Crippen molar-refractivity contribution in [2.45, 2.75) is 25.3 Å². The first-order valence-corrected chi connectivity index (χ1v) is 11.2. The molecule has 1 aliphatic rings. The molecule has 1 amide bonds. The van der Waals surface area contributed by atoms with Crippen molar-refractivity contribution >= 4 is 18.0 Å². The Morgan fingerprint density at radius 2 is 1.51 bits per heavy atom. The van der Waals surface area contributed by atoms with Crippen LogP contribution in [-0.2, 0) is 14.3 Å². The molecule has 0 saturated carbocycles. The lowest BCUT2D eigenvalue weighted by Crippen LogP contribution is -2.37. The highest BCUT2D eigenvalue weighted by Crippen LogP contribution is 2.45. The molecule has 180 valence electrons. The number of carbonyl (C=O) groups excluding carboxylic acids is 1. The standard InChI is InChI=1S/C28H27NO6/c1-18(16-19-10-6-4-7-11-19)26(30)29-24(20-12-8-5-9-13-20)25(28(31)32)35-27(29)21-14-15-22(33-2)23(17-21)34-3/h4-17,24-25,27H,1-3H3,(H,31,32)/b18-16+/t24-,25+,27?/m0/s1. The third-order valence-electron chi connectivity index (χ3n) is 5.95. The predicted octanol–water partition coefficient (Wildman–Crippen LogP) is 4.86. The van der Waals surface area contributed by atoms with Crippen LogP contribution in [0.5, 0.6) is 11.5 Å². The topological polar surface area (TPSA) is 85.3 Å². The van der Waals surface area contributed by atoms with E-state index in [1.807, 2.05) is 48.5 Å². The molecule has 3 aromatic rings. The number of hydrogen-bond donors (Lipinski definition) is 1. The average Bonchev–Trinajstić information content (AvgIpc) is 3.30. The maximum absolute atomic E-state index is 13.9. The second-order valence-electron chi connectivity index (χ2n) is 8.17. The number of ether oxygens (including phenoxy) is 3. The molecule has 1 heterocycles. The van der Waals surface area contributed by atoms with E-state index in [1.165, 1.54) is 19.1 Å². The number of amides is 1. The van der Waals surface area contributed by atoms with Crippen molar-refractivity contribution in [3.8, 4) is 11.5 Å². The lowest BCUT2D eigenvalue weighted by atomic mass is 9.99. The summed E-state index contributed by atoms with van der Waals surface area (Å²) in [5.74, 6) is -0.509. The highest BCUT2D eigenvalue weighted by Gasteiger charge is 2.50. The van der Waals surface area contributed by atoms with Gasteiger partial charge in [0.05, 0.1) is 20.3 Å². The number of rotatable bonds is 7. The fourth-order valence-electron chi connectivity index (χ4n) is 4.29. The third-order valence-corrected chi connectivity index (χ3v) is 5.95. The maximum atomic E-state index is 13.9. The van der Waals surface area contributed by atoms with Crippen LogP contribution in [0.3, 0.4) is 0 Å². The van der Waals surface area contributed by atoms with Gasteiger partial charge in [-0.1, -0.05) is 66.7 Å². The van der Waals surface area contributed by atoms with E-state index >= 15 is 0 Å². The number of benzene rings is 3. The quantitative estimate of drug-likeness (QED) is 0.494. The van der Waals surface area contributed by atoms with E-state index in [-0.39, 0.29) is 5.91 Å². The number of carboxylic acid groups (broad SMARTS) is 1. The first-order valence-electron chi connectivity index (χ1n) is 11.2. The number of carbonyl (C=O) groups is 2. The minimum absolute atomic E-state index is 0.328. The largest absolute Gasteiger partial charge is 0.493 e. The number of aliphatic carboxylic acids is 1. The van der Waals surface area contributed by atoms with Crippen molar-refractivity contribution in [1.29, 1.82) is 0 Å². The van der Waals surface area contributed by atoms with Crippen molar-refractivity contribution in [1.82, 2.24) is 4.90 Å². The van der Waals surface area contributed by atoms with Gasteiger partial charge in [0, 0.05) is 11.1 Å². The molecule has 1 N–H and O–H groups in total. The van der Waals surface area contributed by atoms with Crippen LogP contribution in [0, 0.1) is 0 Å². The SMILES string of the molecule is COc1ccc(C2O[C@@H](C(=O)O)[C@H](c3ccccc3)N2C(=O)/C(C)=C/c2ccccc2)cc1OC. The smallest absolute Gasteiger partial charge is 0.335 e. The highest BCUT2D eigenvalue weighted by atomic mass is 16.6. The molecule has 3 aromatic carbocycles. The number of carboxylic acids is 1. The van der Waals surface area contributed by atoms with Gasteiger partial charge in [-0.25, -0.2) is 4.79 Å². The Kier molecular flexibility index (Phi) is 7.17. The first kappa shape index (κ1) is 24.0. The molecule has 1 saturated heterocycles. The molecule has 1 unspecified atom stereocenters. The zero-order valence-electron chi connectivity index (χ0n) is 19.8. The number of hydrogen-bond acceptors (Lipinski definition) is 5. The van der Waals surface area contributed by atoms with E-state index in [0.29, 0.717) is 28.2 Å².